The van der Waals surface area contributed by atoms with Gasteiger partial charge in [0, 0.05) is 25.4 Å². The standard InChI is InChI=1S/C12H17N3OS2/c1-2-10(16)17-12-11(13-18-14-12)9-7-15-5-3-4-8(9)6-15/h8-9H,2-7H2,1H3. The highest BCUT2D eigenvalue weighted by Crippen LogP contribution is 2.41. The van der Waals surface area contributed by atoms with E-state index in [1.54, 1.807) is 0 Å². The van der Waals surface area contributed by atoms with Crippen molar-refractivity contribution in [3.8, 4) is 0 Å². The van der Waals surface area contributed by atoms with E-state index in [0.717, 1.165) is 23.2 Å². The molecule has 3 atom stereocenters. The smallest absolute Gasteiger partial charge is 0.194 e. The summed E-state index contributed by atoms with van der Waals surface area (Å²) in [7, 11) is 0. The van der Waals surface area contributed by atoms with Crippen LogP contribution in [0.2, 0.25) is 0 Å². The largest absolute Gasteiger partial charge is 0.302 e. The molecule has 1 aromatic rings. The molecule has 2 bridgehead atoms. The molecule has 0 aliphatic carbocycles. The number of hydrogen-bond acceptors (Lipinski definition) is 6. The van der Waals surface area contributed by atoms with Gasteiger partial charge in [-0.25, -0.2) is 0 Å². The Hall–Kier alpha value is -0.460. The van der Waals surface area contributed by atoms with Gasteiger partial charge in [-0.3, -0.25) is 4.79 Å². The number of piperidine rings is 1. The van der Waals surface area contributed by atoms with Crippen LogP contribution in [-0.4, -0.2) is 38.4 Å². The second-order valence-electron chi connectivity index (χ2n) is 5.05. The Morgan fingerprint density at radius 2 is 2.39 bits per heavy atom. The maximum absolute atomic E-state index is 11.6. The van der Waals surface area contributed by atoms with Gasteiger partial charge in [-0.05, 0) is 37.1 Å². The molecule has 0 spiro atoms. The van der Waals surface area contributed by atoms with Crippen molar-refractivity contribution in [1.82, 2.24) is 13.6 Å². The van der Waals surface area contributed by atoms with Crippen LogP contribution in [0.1, 0.15) is 37.8 Å². The molecule has 2 aliphatic rings. The number of thioether (sulfide) groups is 1. The zero-order valence-corrected chi connectivity index (χ0v) is 12.1. The van der Waals surface area contributed by atoms with Crippen molar-refractivity contribution in [2.45, 2.75) is 37.1 Å². The summed E-state index contributed by atoms with van der Waals surface area (Å²) in [5, 5.41) is 1.05. The van der Waals surface area contributed by atoms with Gasteiger partial charge in [0.05, 0.1) is 17.4 Å². The van der Waals surface area contributed by atoms with Crippen molar-refractivity contribution in [2.75, 3.05) is 19.6 Å². The van der Waals surface area contributed by atoms with Gasteiger partial charge in [-0.1, -0.05) is 6.92 Å². The summed E-state index contributed by atoms with van der Waals surface area (Å²) in [4.78, 5) is 14.1. The van der Waals surface area contributed by atoms with Crippen molar-refractivity contribution >= 4 is 28.6 Å². The highest BCUT2D eigenvalue weighted by atomic mass is 32.2. The molecular formula is C12H17N3OS2. The van der Waals surface area contributed by atoms with Crippen LogP contribution >= 0.6 is 23.5 Å². The fourth-order valence-electron chi connectivity index (χ4n) is 2.99. The summed E-state index contributed by atoms with van der Waals surface area (Å²) in [5.74, 6) is 1.22. The predicted molar refractivity (Wildman–Crippen MR) is 73.0 cm³/mol. The first-order valence-corrected chi connectivity index (χ1v) is 8.08. The number of aromatic nitrogens is 2. The molecule has 3 heterocycles. The van der Waals surface area contributed by atoms with Gasteiger partial charge < -0.3 is 4.90 Å². The molecule has 3 rings (SSSR count). The molecule has 0 N–H and O–H groups in total. The molecule has 18 heavy (non-hydrogen) atoms. The summed E-state index contributed by atoms with van der Waals surface area (Å²) in [6.45, 7) is 5.42. The zero-order valence-electron chi connectivity index (χ0n) is 10.5. The van der Waals surface area contributed by atoms with E-state index in [0.29, 0.717) is 12.3 Å². The van der Waals surface area contributed by atoms with Crippen LogP contribution in [-0.2, 0) is 4.79 Å². The molecule has 2 saturated heterocycles. The van der Waals surface area contributed by atoms with Gasteiger partial charge in [0.25, 0.3) is 0 Å². The third-order valence-electron chi connectivity index (χ3n) is 3.90. The SMILES string of the molecule is CCC(=O)Sc1nsnc1C1CN2CCCC1C2. The molecule has 4 nitrogen and oxygen atoms in total. The van der Waals surface area contributed by atoms with Crippen LogP contribution in [0.5, 0.6) is 0 Å². The molecular weight excluding hydrogens is 266 g/mol. The van der Waals surface area contributed by atoms with E-state index in [9.17, 15) is 4.79 Å². The number of carbonyl (C=O) groups excluding carboxylic acids is 1. The predicted octanol–water partition coefficient (Wildman–Crippen LogP) is 2.38. The molecule has 2 fully saturated rings. The Morgan fingerprint density at radius 3 is 3.17 bits per heavy atom. The van der Waals surface area contributed by atoms with Crippen molar-refractivity contribution < 1.29 is 4.79 Å². The number of rotatable bonds is 3. The van der Waals surface area contributed by atoms with E-state index in [1.165, 1.54) is 49.4 Å². The van der Waals surface area contributed by atoms with Crippen LogP contribution in [0.4, 0.5) is 0 Å². The molecule has 6 heteroatoms. The second kappa shape index (κ2) is 5.27. The van der Waals surface area contributed by atoms with Crippen LogP contribution in [0.15, 0.2) is 5.03 Å². The fourth-order valence-corrected chi connectivity index (χ4v) is 4.47. The normalized spacial score (nSPS) is 30.6. The van der Waals surface area contributed by atoms with Crippen LogP contribution < -0.4 is 0 Å². The number of hydrogen-bond donors (Lipinski definition) is 0. The first-order chi connectivity index (χ1) is 8.78. The van der Waals surface area contributed by atoms with Crippen LogP contribution in [0.25, 0.3) is 0 Å². The third-order valence-corrected chi connectivity index (χ3v) is 5.57. The maximum atomic E-state index is 11.6. The van der Waals surface area contributed by atoms with E-state index in [2.05, 4.69) is 13.6 Å². The zero-order chi connectivity index (χ0) is 12.5. The minimum atomic E-state index is 0.185. The van der Waals surface area contributed by atoms with E-state index in [1.807, 2.05) is 6.92 Å². The highest BCUT2D eigenvalue weighted by molar-refractivity contribution is 8.13. The van der Waals surface area contributed by atoms with E-state index < -0.39 is 0 Å². The summed E-state index contributed by atoms with van der Waals surface area (Å²) in [6, 6.07) is 0. The molecule has 0 amide bonds. The summed E-state index contributed by atoms with van der Waals surface area (Å²) < 4.78 is 8.79. The van der Waals surface area contributed by atoms with Gasteiger partial charge in [-0.2, -0.15) is 8.75 Å². The first-order valence-electron chi connectivity index (χ1n) is 6.53. The van der Waals surface area contributed by atoms with Crippen LogP contribution in [0.3, 0.4) is 0 Å². The van der Waals surface area contributed by atoms with Gasteiger partial charge in [0.15, 0.2) is 5.12 Å². The lowest BCUT2D eigenvalue weighted by Crippen LogP contribution is -2.25. The fraction of sp³-hybridized carbons (Fsp3) is 0.750. The minimum absolute atomic E-state index is 0.185. The number of carbonyl (C=O) groups is 1. The lowest BCUT2D eigenvalue weighted by Gasteiger charge is -2.21. The Bertz CT molecular complexity index is 448. The third kappa shape index (κ3) is 2.33. The van der Waals surface area contributed by atoms with Crippen molar-refractivity contribution in [1.29, 1.82) is 0 Å². The molecule has 3 unspecified atom stereocenters. The Balaban J connectivity index is 1.80. The van der Waals surface area contributed by atoms with Gasteiger partial charge in [0.2, 0.25) is 0 Å². The average molecular weight is 283 g/mol. The highest BCUT2D eigenvalue weighted by Gasteiger charge is 2.39. The van der Waals surface area contributed by atoms with Crippen molar-refractivity contribution in [2.24, 2.45) is 5.92 Å². The Morgan fingerprint density at radius 1 is 1.50 bits per heavy atom. The quantitative estimate of drug-likeness (QED) is 0.797. The monoisotopic (exact) mass is 283 g/mol. The number of fused-ring (bicyclic) bond motifs is 2. The lowest BCUT2D eigenvalue weighted by molar-refractivity contribution is -0.110. The van der Waals surface area contributed by atoms with Gasteiger partial charge in [-0.15, -0.1) is 0 Å². The van der Waals surface area contributed by atoms with Gasteiger partial charge >= 0.3 is 0 Å². The average Bonchev–Trinajstić information content (AvgIpc) is 2.94. The van der Waals surface area contributed by atoms with Crippen LogP contribution in [0, 0.1) is 5.92 Å². The van der Waals surface area contributed by atoms with E-state index in [-0.39, 0.29) is 5.12 Å². The van der Waals surface area contributed by atoms with E-state index >= 15 is 0 Å². The Kier molecular flexibility index (Phi) is 3.68. The van der Waals surface area contributed by atoms with Gasteiger partial charge in [0.1, 0.15) is 5.03 Å². The van der Waals surface area contributed by atoms with Crippen molar-refractivity contribution in [3.63, 3.8) is 0 Å². The molecule has 0 radical (unpaired) electrons. The lowest BCUT2D eigenvalue weighted by atomic mass is 9.89. The van der Waals surface area contributed by atoms with E-state index in [4.69, 9.17) is 0 Å². The first kappa shape index (κ1) is 12.6. The minimum Gasteiger partial charge on any atom is -0.302 e. The maximum Gasteiger partial charge on any atom is 0.194 e. The molecule has 0 saturated carbocycles. The topological polar surface area (TPSA) is 46.1 Å². The second-order valence-corrected chi connectivity index (χ2v) is 6.63. The number of nitrogens with zero attached hydrogens (tertiary/aromatic N) is 3. The molecule has 1 aromatic heterocycles. The Labute approximate surface area is 115 Å². The summed E-state index contributed by atoms with van der Waals surface area (Å²) >= 11 is 2.53. The summed E-state index contributed by atoms with van der Waals surface area (Å²) in [5.41, 5.74) is 1.08. The summed E-state index contributed by atoms with van der Waals surface area (Å²) in [6.07, 6.45) is 3.15. The molecule has 2 aliphatic heterocycles. The van der Waals surface area contributed by atoms with Crippen molar-refractivity contribution in [3.05, 3.63) is 5.69 Å². The molecule has 98 valence electrons. The molecule has 0 aromatic carbocycles.